The predicted molar refractivity (Wildman–Crippen MR) is 115 cm³/mol. The second-order valence-electron chi connectivity index (χ2n) is 7.15. The molecule has 4 rings (SSSR count). The van der Waals surface area contributed by atoms with Crippen LogP contribution in [0.25, 0.3) is 21.9 Å². The van der Waals surface area contributed by atoms with Gasteiger partial charge in [-0.25, -0.2) is 4.98 Å². The maximum absolute atomic E-state index is 6.30. The van der Waals surface area contributed by atoms with Crippen LogP contribution in [0.5, 0.6) is 0 Å². The largest absolute Gasteiger partial charge is 0.494 e. The van der Waals surface area contributed by atoms with E-state index in [2.05, 4.69) is 21.5 Å². The minimum Gasteiger partial charge on any atom is -0.494 e. The van der Waals surface area contributed by atoms with Crippen LogP contribution in [0.4, 0.5) is 0 Å². The molecule has 1 saturated heterocycles. The lowest BCUT2D eigenvalue weighted by atomic mass is 10.0. The molecule has 1 unspecified atom stereocenters. The van der Waals surface area contributed by atoms with Crippen LogP contribution >= 0.6 is 11.6 Å². The fourth-order valence-corrected chi connectivity index (χ4v) is 4.06. The third kappa shape index (κ3) is 3.93. The second-order valence-corrected chi connectivity index (χ2v) is 7.59. The summed E-state index contributed by atoms with van der Waals surface area (Å²) < 4.78 is 13.2. The Morgan fingerprint density at radius 3 is 3.07 bits per heavy atom. The summed E-state index contributed by atoms with van der Waals surface area (Å²) >= 11 is 6.30. The molecule has 0 amide bonds. The molecule has 7 nitrogen and oxygen atoms in total. The first-order valence-corrected chi connectivity index (χ1v) is 10.0. The van der Waals surface area contributed by atoms with Gasteiger partial charge < -0.3 is 19.8 Å². The number of pyridine rings is 1. The summed E-state index contributed by atoms with van der Waals surface area (Å²) in [6, 6.07) is 6.03. The van der Waals surface area contributed by atoms with Gasteiger partial charge in [0.1, 0.15) is 11.3 Å². The molecule has 0 spiro atoms. The first kappa shape index (κ1) is 19.7. The molecule has 29 heavy (non-hydrogen) atoms. The fraction of sp³-hybridized carbons (Fsp3) is 0.381. The van der Waals surface area contributed by atoms with Crippen molar-refractivity contribution in [2.75, 3.05) is 13.7 Å². The van der Waals surface area contributed by atoms with Gasteiger partial charge in [-0.15, -0.1) is 0 Å². The molecular formula is C21H24ClN5O2. The highest BCUT2D eigenvalue weighted by atomic mass is 35.5. The van der Waals surface area contributed by atoms with Crippen molar-refractivity contribution in [3.05, 3.63) is 47.2 Å². The van der Waals surface area contributed by atoms with E-state index in [0.29, 0.717) is 17.3 Å². The van der Waals surface area contributed by atoms with Crippen molar-refractivity contribution in [3.8, 4) is 0 Å². The number of benzene rings is 1. The van der Waals surface area contributed by atoms with E-state index in [1.807, 2.05) is 24.4 Å². The molecule has 3 aromatic rings. The average Bonchev–Trinajstić information content (AvgIpc) is 3.10. The minimum atomic E-state index is 0.194. The van der Waals surface area contributed by atoms with Crippen LogP contribution < -0.4 is 5.73 Å². The standard InChI is InChI=1S/C21H24ClN5O2/c1-13-7-15(5-6-29-13)27-20(12-24-10-16(9-23)28-2)26-19-11-25-18-4-3-14(22)8-17(18)21(19)27/h3-4,8-11,13,15H,5-7,12,23H2,1-2H3/t13-,15?/m1/s1. The molecule has 1 aliphatic rings. The maximum atomic E-state index is 6.30. The highest BCUT2D eigenvalue weighted by Gasteiger charge is 2.26. The number of hydrogen-bond acceptors (Lipinski definition) is 6. The van der Waals surface area contributed by atoms with Gasteiger partial charge in [0.2, 0.25) is 0 Å². The summed E-state index contributed by atoms with van der Waals surface area (Å²) in [6.07, 6.45) is 6.84. The maximum Gasteiger partial charge on any atom is 0.152 e. The number of halogens is 1. The van der Waals surface area contributed by atoms with Crippen LogP contribution in [0.2, 0.25) is 5.02 Å². The second kappa shape index (κ2) is 8.39. The first-order valence-electron chi connectivity index (χ1n) is 9.63. The first-order chi connectivity index (χ1) is 14.1. The van der Waals surface area contributed by atoms with Gasteiger partial charge in [-0.05, 0) is 38.0 Å². The van der Waals surface area contributed by atoms with Gasteiger partial charge in [-0.3, -0.25) is 9.98 Å². The third-order valence-corrected chi connectivity index (χ3v) is 5.46. The molecule has 0 radical (unpaired) electrons. The van der Waals surface area contributed by atoms with Gasteiger partial charge in [-0.1, -0.05) is 11.6 Å². The van der Waals surface area contributed by atoms with Crippen molar-refractivity contribution in [1.29, 1.82) is 0 Å². The van der Waals surface area contributed by atoms with Crippen LogP contribution in [-0.4, -0.2) is 40.6 Å². The van der Waals surface area contributed by atoms with Crippen LogP contribution in [0, 0.1) is 0 Å². The number of ether oxygens (including phenoxy) is 2. The average molecular weight is 414 g/mol. The number of methoxy groups -OCH3 is 1. The van der Waals surface area contributed by atoms with Crippen molar-refractivity contribution in [3.63, 3.8) is 0 Å². The van der Waals surface area contributed by atoms with Gasteiger partial charge in [0.05, 0.1) is 43.2 Å². The van der Waals surface area contributed by atoms with Crippen LogP contribution in [0.1, 0.15) is 31.6 Å². The van der Waals surface area contributed by atoms with E-state index in [1.54, 1.807) is 13.3 Å². The normalized spacial score (nSPS) is 20.7. The highest BCUT2D eigenvalue weighted by molar-refractivity contribution is 6.31. The summed E-state index contributed by atoms with van der Waals surface area (Å²) in [6.45, 7) is 3.24. The van der Waals surface area contributed by atoms with Gasteiger partial charge in [0, 0.05) is 29.3 Å². The molecule has 8 heteroatoms. The highest BCUT2D eigenvalue weighted by Crippen LogP contribution is 2.34. The monoisotopic (exact) mass is 413 g/mol. The lowest BCUT2D eigenvalue weighted by Crippen LogP contribution is -2.26. The Balaban J connectivity index is 1.86. The van der Waals surface area contributed by atoms with E-state index < -0.39 is 0 Å². The molecular weight excluding hydrogens is 390 g/mol. The van der Waals surface area contributed by atoms with Crippen LogP contribution in [0.3, 0.4) is 0 Å². The quantitative estimate of drug-likeness (QED) is 0.504. The zero-order chi connectivity index (χ0) is 20.4. The zero-order valence-corrected chi connectivity index (χ0v) is 17.3. The fourth-order valence-electron chi connectivity index (χ4n) is 3.89. The van der Waals surface area contributed by atoms with Crippen LogP contribution in [-0.2, 0) is 16.0 Å². The topological polar surface area (TPSA) is 87.5 Å². The molecule has 1 fully saturated rings. The van der Waals surface area contributed by atoms with E-state index in [4.69, 9.17) is 31.8 Å². The van der Waals surface area contributed by atoms with E-state index in [-0.39, 0.29) is 12.1 Å². The molecule has 1 aliphatic heterocycles. The number of allylic oxidation sites excluding steroid dienone is 1. The summed E-state index contributed by atoms with van der Waals surface area (Å²) in [5, 5.41) is 1.67. The minimum absolute atomic E-state index is 0.194. The third-order valence-electron chi connectivity index (χ3n) is 5.22. The number of aromatic nitrogens is 3. The number of hydrogen-bond donors (Lipinski definition) is 1. The molecule has 1 aromatic carbocycles. The van der Waals surface area contributed by atoms with Gasteiger partial charge in [0.15, 0.2) is 5.76 Å². The van der Waals surface area contributed by atoms with Crippen molar-refractivity contribution in [1.82, 2.24) is 14.5 Å². The lowest BCUT2D eigenvalue weighted by Gasteiger charge is -2.30. The number of nitrogens with two attached hydrogens (primary N) is 1. The molecule has 2 atom stereocenters. The Bertz CT molecular complexity index is 1090. The SMILES string of the molecule is COC(C=NCc1nc2cnc3ccc(Cl)cc3c2n1C1CCO[C@H](C)C1)=CN. The molecule has 3 heterocycles. The Morgan fingerprint density at radius 1 is 1.45 bits per heavy atom. The Hall–Kier alpha value is -2.64. The van der Waals surface area contributed by atoms with Crippen molar-refractivity contribution < 1.29 is 9.47 Å². The van der Waals surface area contributed by atoms with Gasteiger partial charge in [-0.2, -0.15) is 0 Å². The lowest BCUT2D eigenvalue weighted by molar-refractivity contribution is 0.00627. The molecule has 152 valence electrons. The summed E-state index contributed by atoms with van der Waals surface area (Å²) in [7, 11) is 1.56. The van der Waals surface area contributed by atoms with Gasteiger partial charge in [0.25, 0.3) is 0 Å². The Labute approximate surface area is 174 Å². The molecule has 0 saturated carbocycles. The summed E-state index contributed by atoms with van der Waals surface area (Å²) in [5.41, 5.74) is 8.31. The molecule has 2 N–H and O–H groups in total. The smallest absolute Gasteiger partial charge is 0.152 e. The van der Waals surface area contributed by atoms with Crippen molar-refractivity contribution in [2.24, 2.45) is 10.7 Å². The van der Waals surface area contributed by atoms with Gasteiger partial charge >= 0.3 is 0 Å². The summed E-state index contributed by atoms with van der Waals surface area (Å²) in [4.78, 5) is 13.9. The number of rotatable bonds is 5. The Morgan fingerprint density at radius 2 is 2.31 bits per heavy atom. The number of aliphatic imine (C=N–C) groups is 1. The van der Waals surface area contributed by atoms with Crippen molar-refractivity contribution in [2.45, 2.75) is 38.5 Å². The number of nitrogens with zero attached hydrogens (tertiary/aromatic N) is 4. The summed E-state index contributed by atoms with van der Waals surface area (Å²) in [5.74, 6) is 1.38. The number of fused-ring (bicyclic) bond motifs is 3. The zero-order valence-electron chi connectivity index (χ0n) is 16.5. The van der Waals surface area contributed by atoms with E-state index in [9.17, 15) is 0 Å². The van der Waals surface area contributed by atoms with E-state index >= 15 is 0 Å². The van der Waals surface area contributed by atoms with E-state index in [0.717, 1.165) is 47.2 Å². The Kier molecular flexibility index (Phi) is 5.69. The van der Waals surface area contributed by atoms with E-state index in [1.165, 1.54) is 6.20 Å². The predicted octanol–water partition coefficient (Wildman–Crippen LogP) is 4.00. The number of imidazole rings is 1. The van der Waals surface area contributed by atoms with Crippen molar-refractivity contribution >= 4 is 39.8 Å². The molecule has 0 aliphatic carbocycles. The molecule has 2 aromatic heterocycles. The van der Waals surface area contributed by atoms with Crippen LogP contribution in [0.15, 0.2) is 41.3 Å². The molecule has 0 bridgehead atoms.